The van der Waals surface area contributed by atoms with Gasteiger partial charge in [0.05, 0.1) is 37.5 Å². The first kappa shape index (κ1) is 47.2. The molecule has 72 heavy (non-hydrogen) atoms. The van der Waals surface area contributed by atoms with E-state index in [0.29, 0.717) is 95.0 Å². The third-order valence-corrected chi connectivity index (χ3v) is 14.6. The van der Waals surface area contributed by atoms with Crippen LogP contribution in [0.5, 0.6) is 0 Å². The quantitative estimate of drug-likeness (QED) is 0.0525. The van der Waals surface area contributed by atoms with Crippen molar-refractivity contribution in [3.63, 3.8) is 0 Å². The molecule has 360 valence electrons. The highest BCUT2D eigenvalue weighted by atomic mass is 32.2. The number of aromatic amines is 2. The van der Waals surface area contributed by atoms with Gasteiger partial charge in [0.25, 0.3) is 42.2 Å². The minimum Gasteiger partial charge on any atom is -0.354 e. The van der Waals surface area contributed by atoms with E-state index >= 15 is 0 Å². The Morgan fingerprint density at radius 1 is 0.444 bits per heavy atom. The summed E-state index contributed by atoms with van der Waals surface area (Å²) in [5.74, 6) is -1.42. The normalized spacial score (nSPS) is 13.6. The summed E-state index contributed by atoms with van der Waals surface area (Å²) in [6.45, 7) is -0.0989. The molecule has 4 aromatic carbocycles. The molecule has 0 aliphatic carbocycles. The Kier molecular flexibility index (Phi) is 11.9. The zero-order valence-electron chi connectivity index (χ0n) is 37.0. The number of carbonyl (C=O) groups is 3. The van der Waals surface area contributed by atoms with E-state index in [0.717, 1.165) is 17.1 Å². The summed E-state index contributed by atoms with van der Waals surface area (Å²) >= 11 is 0. The number of H-pyrrole nitrogens is 2. The SMILES string of the molecule is O=C(CCN1C(=O)C=CC1=O)Nc1ccc(-c2c3nc(c(-c4ccc(S(=O)(=O)O)cc4)c4ccc([nH]4)c(-c4ccc(S(=O)(=O)O)cc4)c4nc(c(-c5ccc(S(=O)(=O)O)cc5)c5ccc2[nH]5)C=C4)C=C3)cc1. The van der Waals surface area contributed by atoms with E-state index in [1.165, 1.54) is 72.8 Å². The van der Waals surface area contributed by atoms with Crippen LogP contribution in [0.1, 0.15) is 29.2 Å². The Bertz CT molecular complexity index is 3980. The van der Waals surface area contributed by atoms with Crippen LogP contribution in [-0.2, 0) is 44.7 Å². The zero-order chi connectivity index (χ0) is 50.7. The third-order valence-electron chi connectivity index (χ3n) is 12.0. The number of fused-ring (bicyclic) bond motifs is 8. The summed E-state index contributed by atoms with van der Waals surface area (Å²) in [7, 11) is -13.7. The van der Waals surface area contributed by atoms with Crippen LogP contribution in [0, 0.1) is 0 Å². The Morgan fingerprint density at radius 2 is 0.736 bits per heavy atom. The summed E-state index contributed by atoms with van der Waals surface area (Å²) in [5.41, 5.74) is 8.49. The lowest BCUT2D eigenvalue weighted by Crippen LogP contribution is -2.33. The van der Waals surface area contributed by atoms with E-state index < -0.39 is 48.1 Å². The Labute approximate surface area is 410 Å². The monoisotopic (exact) mass is 1020 g/mol. The molecule has 0 fully saturated rings. The molecule has 7 aromatic rings. The van der Waals surface area contributed by atoms with Crippen LogP contribution < -0.4 is 5.32 Å². The van der Waals surface area contributed by atoms with Crippen LogP contribution in [0.4, 0.5) is 5.69 Å². The number of amides is 3. The first-order valence-electron chi connectivity index (χ1n) is 21.6. The lowest BCUT2D eigenvalue weighted by atomic mass is 10.0. The predicted octanol–water partition coefficient (Wildman–Crippen LogP) is 8.32. The van der Waals surface area contributed by atoms with Gasteiger partial charge in [-0.1, -0.05) is 48.5 Å². The fourth-order valence-corrected chi connectivity index (χ4v) is 10.0. The maximum absolute atomic E-state index is 13.0. The van der Waals surface area contributed by atoms with Crippen LogP contribution >= 0.6 is 0 Å². The number of imide groups is 1. The number of rotatable bonds is 11. The Hall–Kier alpha value is -8.44. The van der Waals surface area contributed by atoms with Gasteiger partial charge in [0.2, 0.25) is 5.91 Å². The van der Waals surface area contributed by atoms with Crippen molar-refractivity contribution in [3.8, 4) is 44.5 Å². The topological polar surface area (TPSA) is 287 Å². The van der Waals surface area contributed by atoms with E-state index in [4.69, 9.17) is 9.97 Å². The first-order chi connectivity index (χ1) is 34.3. The van der Waals surface area contributed by atoms with Crippen LogP contribution in [0.2, 0.25) is 0 Å². The van der Waals surface area contributed by atoms with Crippen molar-refractivity contribution in [1.29, 1.82) is 0 Å². The molecular weight excluding hydrogens is 985 g/mol. The van der Waals surface area contributed by atoms with Gasteiger partial charge < -0.3 is 15.3 Å². The number of aromatic nitrogens is 4. The molecule has 0 atom stereocenters. The van der Waals surface area contributed by atoms with Crippen molar-refractivity contribution in [3.05, 3.63) is 156 Å². The second-order valence-corrected chi connectivity index (χ2v) is 20.8. The van der Waals surface area contributed by atoms with Crippen LogP contribution in [0.3, 0.4) is 0 Å². The molecule has 6 N–H and O–H groups in total. The van der Waals surface area contributed by atoms with E-state index in [-0.39, 0.29) is 27.7 Å². The molecule has 3 aliphatic rings. The average Bonchev–Trinajstić information content (AvgIpc) is 4.22. The number of nitrogens with zero attached hydrogens (tertiary/aromatic N) is 3. The highest BCUT2D eigenvalue weighted by Gasteiger charge is 2.25. The molecule has 6 heterocycles. The van der Waals surface area contributed by atoms with Crippen LogP contribution in [0.25, 0.3) is 90.9 Å². The van der Waals surface area contributed by atoms with Crippen molar-refractivity contribution in [2.24, 2.45) is 0 Å². The summed E-state index contributed by atoms with van der Waals surface area (Å²) in [5, 5.41) is 2.80. The average molecular weight is 1020 g/mol. The van der Waals surface area contributed by atoms with Gasteiger partial charge in [-0.25, -0.2) is 9.97 Å². The standard InChI is InChI=1S/C51H36N6O12S3/c58-45(27-28-57-46(59)25-26-47(57)60)52-33-9-1-29(2-10-33)48-37-17-19-39(53-37)49(30-3-11-34(12-4-30)70(61,62)63)41-21-23-43(55-41)51(32-7-15-36(16-8-32)72(67,68)69)44-24-22-42(56-44)50(40-20-18-38(48)54-40)31-5-13-35(14-6-31)71(64,65)66/h1-26,53,56H,27-28H2,(H,52,58)(H,61,62,63)(H,64,65,66)(H,67,68,69). The van der Waals surface area contributed by atoms with Gasteiger partial charge >= 0.3 is 0 Å². The molecule has 0 spiro atoms. The minimum atomic E-state index is -4.55. The number of benzene rings is 4. The highest BCUT2D eigenvalue weighted by molar-refractivity contribution is 7.86. The summed E-state index contributed by atoms with van der Waals surface area (Å²) in [6, 6.07) is 30.8. The van der Waals surface area contributed by atoms with E-state index in [1.807, 2.05) is 12.1 Å². The minimum absolute atomic E-state index is 0.0989. The lowest BCUT2D eigenvalue weighted by molar-refractivity contribution is -0.137. The van der Waals surface area contributed by atoms with Gasteiger partial charge in [0.15, 0.2) is 0 Å². The predicted molar refractivity (Wildman–Crippen MR) is 269 cm³/mol. The van der Waals surface area contributed by atoms with Crippen molar-refractivity contribution < 1.29 is 53.3 Å². The fraction of sp³-hybridized carbons (Fsp3) is 0.0392. The molecule has 0 radical (unpaired) electrons. The lowest BCUT2D eigenvalue weighted by Gasteiger charge is -2.13. The van der Waals surface area contributed by atoms with Crippen molar-refractivity contribution in [2.45, 2.75) is 21.1 Å². The maximum atomic E-state index is 13.0. The molecule has 3 aliphatic heterocycles. The van der Waals surface area contributed by atoms with Gasteiger partial charge in [0.1, 0.15) is 0 Å². The Balaban J connectivity index is 1.22. The molecule has 3 aromatic heterocycles. The molecule has 0 unspecified atom stereocenters. The van der Waals surface area contributed by atoms with Crippen LogP contribution in [-0.4, -0.2) is 88.0 Å². The Morgan fingerprint density at radius 3 is 1.03 bits per heavy atom. The molecule has 0 saturated carbocycles. The number of nitrogens with one attached hydrogen (secondary N) is 3. The van der Waals surface area contributed by atoms with E-state index in [1.54, 1.807) is 60.7 Å². The van der Waals surface area contributed by atoms with E-state index in [2.05, 4.69) is 15.3 Å². The smallest absolute Gasteiger partial charge is 0.294 e. The van der Waals surface area contributed by atoms with Gasteiger partial charge in [-0.3, -0.25) is 32.9 Å². The number of hydrogen-bond acceptors (Lipinski definition) is 11. The van der Waals surface area contributed by atoms with Crippen molar-refractivity contribution in [2.75, 3.05) is 11.9 Å². The number of carbonyl (C=O) groups excluding carboxylic acids is 3. The van der Waals surface area contributed by atoms with Gasteiger partial charge in [-0.05, 0) is 119 Å². The summed E-state index contributed by atoms with van der Waals surface area (Å²) < 4.78 is 102. The first-order valence-corrected chi connectivity index (χ1v) is 25.9. The number of anilines is 1. The summed E-state index contributed by atoms with van der Waals surface area (Å²) in [6.07, 6.45) is 9.24. The largest absolute Gasteiger partial charge is 0.354 e. The zero-order valence-corrected chi connectivity index (χ0v) is 39.5. The van der Waals surface area contributed by atoms with Crippen molar-refractivity contribution in [1.82, 2.24) is 24.8 Å². The second kappa shape index (κ2) is 18.1. The molecule has 3 amide bonds. The van der Waals surface area contributed by atoms with E-state index in [9.17, 15) is 53.3 Å². The van der Waals surface area contributed by atoms with Gasteiger partial charge in [-0.2, -0.15) is 25.3 Å². The third kappa shape index (κ3) is 9.33. The molecule has 0 saturated heterocycles. The fourth-order valence-electron chi connectivity index (χ4n) is 8.61. The second-order valence-electron chi connectivity index (χ2n) is 16.5. The molecule has 21 heteroatoms. The number of hydrogen-bond donors (Lipinski definition) is 6. The summed E-state index contributed by atoms with van der Waals surface area (Å²) in [4.78, 5) is 54.3. The molecule has 18 nitrogen and oxygen atoms in total. The van der Waals surface area contributed by atoms with Crippen molar-refractivity contribution >= 4 is 100 Å². The van der Waals surface area contributed by atoms with Gasteiger partial charge in [0, 0.05) is 75.1 Å². The molecule has 10 rings (SSSR count). The highest BCUT2D eigenvalue weighted by Crippen LogP contribution is 2.39. The maximum Gasteiger partial charge on any atom is 0.294 e. The van der Waals surface area contributed by atoms with Crippen LogP contribution in [0.15, 0.2) is 148 Å². The molecular formula is C51H36N6O12S3. The molecule has 8 bridgehead atoms. The van der Waals surface area contributed by atoms with Gasteiger partial charge in [-0.15, -0.1) is 0 Å².